The van der Waals surface area contributed by atoms with Gasteiger partial charge in [0.1, 0.15) is 17.3 Å². The third kappa shape index (κ3) is 5.44. The number of rotatable bonds is 9. The van der Waals surface area contributed by atoms with E-state index in [9.17, 15) is 0 Å². The van der Waals surface area contributed by atoms with E-state index in [0.717, 1.165) is 46.9 Å². The van der Waals surface area contributed by atoms with Crippen LogP contribution in [-0.2, 0) is 11.2 Å². The normalized spacial score (nSPS) is 13.4. The van der Waals surface area contributed by atoms with Gasteiger partial charge in [0.2, 0.25) is 0 Å². The number of morpholine rings is 1. The summed E-state index contributed by atoms with van der Waals surface area (Å²) in [5.41, 5.74) is 1.87. The molecular formula is C28H29N3O5. The van der Waals surface area contributed by atoms with Crippen LogP contribution in [0.25, 0.3) is 10.9 Å². The Labute approximate surface area is 210 Å². The van der Waals surface area contributed by atoms with E-state index < -0.39 is 0 Å². The molecule has 1 aromatic heterocycles. The van der Waals surface area contributed by atoms with Gasteiger partial charge in [-0.3, -0.25) is 0 Å². The third-order valence-electron chi connectivity index (χ3n) is 5.99. The van der Waals surface area contributed by atoms with Crippen molar-refractivity contribution >= 4 is 16.7 Å². The lowest BCUT2D eigenvalue weighted by molar-refractivity contribution is 0.122. The van der Waals surface area contributed by atoms with Crippen molar-refractivity contribution in [2.24, 2.45) is 0 Å². The van der Waals surface area contributed by atoms with Gasteiger partial charge in [-0.15, -0.1) is 0 Å². The molecule has 0 saturated carbocycles. The summed E-state index contributed by atoms with van der Waals surface area (Å²) in [4.78, 5) is 11.7. The first kappa shape index (κ1) is 23.7. The molecule has 0 aliphatic carbocycles. The molecule has 1 aliphatic rings. The molecule has 0 N–H and O–H groups in total. The van der Waals surface area contributed by atoms with E-state index in [1.165, 1.54) is 0 Å². The minimum atomic E-state index is 0.348. The second-order valence-corrected chi connectivity index (χ2v) is 8.31. The Morgan fingerprint density at radius 3 is 2.42 bits per heavy atom. The lowest BCUT2D eigenvalue weighted by atomic mass is 10.1. The zero-order valence-electron chi connectivity index (χ0n) is 20.5. The van der Waals surface area contributed by atoms with Crippen LogP contribution in [0.3, 0.4) is 0 Å². The highest BCUT2D eigenvalue weighted by molar-refractivity contribution is 5.91. The topological polar surface area (TPSA) is 75.2 Å². The first-order valence-corrected chi connectivity index (χ1v) is 11.9. The van der Waals surface area contributed by atoms with Gasteiger partial charge in [-0.2, -0.15) is 9.97 Å². The number of nitrogens with zero attached hydrogens (tertiary/aromatic N) is 3. The SMILES string of the molecule is COc1ccc(CCOc2nc(N3CCOCC3)c3cc(Oc4ccccc4)ccc3n2)cc1OC. The van der Waals surface area contributed by atoms with E-state index in [0.29, 0.717) is 43.8 Å². The summed E-state index contributed by atoms with van der Waals surface area (Å²) in [5, 5.41) is 0.914. The average Bonchev–Trinajstić information content (AvgIpc) is 2.93. The molecule has 1 saturated heterocycles. The molecule has 0 amide bonds. The second kappa shape index (κ2) is 11.1. The first-order chi connectivity index (χ1) is 17.7. The number of ether oxygens (including phenoxy) is 5. The summed E-state index contributed by atoms with van der Waals surface area (Å²) in [6.07, 6.45) is 0.679. The summed E-state index contributed by atoms with van der Waals surface area (Å²) in [5.74, 6) is 3.73. The molecule has 1 fully saturated rings. The van der Waals surface area contributed by atoms with Gasteiger partial charge in [0.05, 0.1) is 39.6 Å². The minimum absolute atomic E-state index is 0.348. The fourth-order valence-electron chi connectivity index (χ4n) is 4.14. The van der Waals surface area contributed by atoms with Crippen LogP contribution in [-0.4, -0.2) is 57.1 Å². The van der Waals surface area contributed by atoms with E-state index in [4.69, 9.17) is 28.7 Å². The maximum atomic E-state index is 6.06. The Morgan fingerprint density at radius 2 is 1.64 bits per heavy atom. The van der Waals surface area contributed by atoms with Gasteiger partial charge < -0.3 is 28.6 Å². The van der Waals surface area contributed by atoms with Gasteiger partial charge >= 0.3 is 6.01 Å². The Kier molecular flexibility index (Phi) is 7.33. The molecule has 0 unspecified atom stereocenters. The van der Waals surface area contributed by atoms with Gasteiger partial charge in [-0.25, -0.2) is 0 Å². The average molecular weight is 488 g/mol. The zero-order valence-corrected chi connectivity index (χ0v) is 20.5. The number of hydrogen-bond acceptors (Lipinski definition) is 8. The Morgan fingerprint density at radius 1 is 0.833 bits per heavy atom. The summed E-state index contributed by atoms with van der Waals surface area (Å²) in [6.45, 7) is 3.24. The molecule has 0 spiro atoms. The molecule has 5 rings (SSSR count). The largest absolute Gasteiger partial charge is 0.493 e. The van der Waals surface area contributed by atoms with Crippen molar-refractivity contribution in [3.05, 3.63) is 72.3 Å². The molecule has 3 aromatic carbocycles. The predicted octanol–water partition coefficient (Wildman–Crippen LogP) is 4.90. The highest BCUT2D eigenvalue weighted by atomic mass is 16.5. The molecule has 0 atom stereocenters. The van der Waals surface area contributed by atoms with Crippen LogP contribution >= 0.6 is 0 Å². The number of fused-ring (bicyclic) bond motifs is 1. The lowest BCUT2D eigenvalue weighted by Gasteiger charge is -2.29. The number of benzene rings is 3. The van der Waals surface area contributed by atoms with Crippen molar-refractivity contribution < 1.29 is 23.7 Å². The first-order valence-electron chi connectivity index (χ1n) is 11.9. The van der Waals surface area contributed by atoms with Crippen LogP contribution in [0.2, 0.25) is 0 Å². The lowest BCUT2D eigenvalue weighted by Crippen LogP contribution is -2.37. The zero-order chi connectivity index (χ0) is 24.7. The van der Waals surface area contributed by atoms with Gasteiger partial charge in [-0.05, 0) is 48.0 Å². The Bertz CT molecular complexity index is 1310. The van der Waals surface area contributed by atoms with Crippen molar-refractivity contribution in [3.63, 3.8) is 0 Å². The van der Waals surface area contributed by atoms with E-state index in [2.05, 4.69) is 9.88 Å². The van der Waals surface area contributed by atoms with Gasteiger partial charge in [0, 0.05) is 24.9 Å². The standard InChI is InChI=1S/C28H29N3O5/c1-32-25-11-8-20(18-26(25)33-2)12-15-35-28-29-24-10-9-22(36-21-6-4-3-5-7-21)19-23(24)27(30-28)31-13-16-34-17-14-31/h3-11,18-19H,12-17H2,1-2H3. The summed E-state index contributed by atoms with van der Waals surface area (Å²) in [6, 6.07) is 21.8. The van der Waals surface area contributed by atoms with Crippen LogP contribution < -0.4 is 23.8 Å². The molecule has 186 valence electrons. The molecular weight excluding hydrogens is 458 g/mol. The fourth-order valence-corrected chi connectivity index (χ4v) is 4.14. The van der Waals surface area contributed by atoms with Crippen molar-refractivity contribution in [2.75, 3.05) is 52.0 Å². The molecule has 1 aliphatic heterocycles. The molecule has 8 heteroatoms. The van der Waals surface area contributed by atoms with Crippen molar-refractivity contribution in [1.29, 1.82) is 0 Å². The fraction of sp³-hybridized carbons (Fsp3) is 0.286. The second-order valence-electron chi connectivity index (χ2n) is 8.31. The minimum Gasteiger partial charge on any atom is -0.493 e. The predicted molar refractivity (Wildman–Crippen MR) is 138 cm³/mol. The van der Waals surface area contributed by atoms with Gasteiger partial charge in [-0.1, -0.05) is 24.3 Å². The van der Waals surface area contributed by atoms with Crippen molar-refractivity contribution in [3.8, 4) is 29.0 Å². The summed E-state index contributed by atoms with van der Waals surface area (Å²) >= 11 is 0. The summed E-state index contributed by atoms with van der Waals surface area (Å²) in [7, 11) is 3.25. The molecule has 0 radical (unpaired) electrons. The molecule has 2 heterocycles. The third-order valence-corrected chi connectivity index (χ3v) is 5.99. The van der Waals surface area contributed by atoms with Gasteiger partial charge in [0.25, 0.3) is 0 Å². The Balaban J connectivity index is 1.38. The highest BCUT2D eigenvalue weighted by Crippen LogP contribution is 2.32. The van der Waals surface area contributed by atoms with Crippen LogP contribution in [0.1, 0.15) is 5.56 Å². The summed E-state index contributed by atoms with van der Waals surface area (Å²) < 4.78 is 28.4. The smallest absolute Gasteiger partial charge is 0.318 e. The van der Waals surface area contributed by atoms with E-state index in [1.807, 2.05) is 66.7 Å². The number of para-hydroxylation sites is 1. The number of hydrogen-bond donors (Lipinski definition) is 0. The highest BCUT2D eigenvalue weighted by Gasteiger charge is 2.19. The Hall–Kier alpha value is -4.04. The number of anilines is 1. The van der Waals surface area contributed by atoms with Crippen molar-refractivity contribution in [1.82, 2.24) is 9.97 Å². The van der Waals surface area contributed by atoms with E-state index in [1.54, 1.807) is 14.2 Å². The van der Waals surface area contributed by atoms with Crippen LogP contribution in [0, 0.1) is 0 Å². The monoisotopic (exact) mass is 487 g/mol. The maximum Gasteiger partial charge on any atom is 0.318 e. The molecule has 36 heavy (non-hydrogen) atoms. The maximum absolute atomic E-state index is 6.06. The molecule has 4 aromatic rings. The number of aromatic nitrogens is 2. The molecule has 8 nitrogen and oxygen atoms in total. The van der Waals surface area contributed by atoms with E-state index >= 15 is 0 Å². The van der Waals surface area contributed by atoms with Crippen molar-refractivity contribution in [2.45, 2.75) is 6.42 Å². The quantitative estimate of drug-likeness (QED) is 0.330. The molecule has 0 bridgehead atoms. The number of methoxy groups -OCH3 is 2. The van der Waals surface area contributed by atoms with Gasteiger partial charge in [0.15, 0.2) is 11.5 Å². The van der Waals surface area contributed by atoms with Crippen LogP contribution in [0.4, 0.5) is 5.82 Å². The van der Waals surface area contributed by atoms with Crippen LogP contribution in [0.15, 0.2) is 66.7 Å². The van der Waals surface area contributed by atoms with Crippen LogP contribution in [0.5, 0.6) is 29.0 Å². The van der Waals surface area contributed by atoms with E-state index in [-0.39, 0.29) is 0 Å².